The Balaban J connectivity index is 3.61. The van der Waals surface area contributed by atoms with Crippen LogP contribution < -0.4 is 5.32 Å². The maximum atomic E-state index is 10.7. The molecule has 0 saturated carbocycles. The summed E-state index contributed by atoms with van der Waals surface area (Å²) in [6, 6.07) is 0. The molecule has 3 nitrogen and oxygen atoms in total. The van der Waals surface area contributed by atoms with Crippen LogP contribution in [0.25, 0.3) is 0 Å². The van der Waals surface area contributed by atoms with Gasteiger partial charge in [-0.2, -0.15) is 0 Å². The van der Waals surface area contributed by atoms with Crippen molar-refractivity contribution in [3.63, 3.8) is 0 Å². The van der Waals surface area contributed by atoms with E-state index in [0.29, 0.717) is 12.3 Å². The van der Waals surface area contributed by atoms with Gasteiger partial charge in [-0.1, -0.05) is 13.8 Å². The highest BCUT2D eigenvalue weighted by Crippen LogP contribution is 2.03. The van der Waals surface area contributed by atoms with Gasteiger partial charge >= 0.3 is 0 Å². The van der Waals surface area contributed by atoms with Crippen molar-refractivity contribution in [2.45, 2.75) is 26.4 Å². The van der Waals surface area contributed by atoms with Gasteiger partial charge in [-0.05, 0) is 12.3 Å². The average Bonchev–Trinajstić information content (AvgIpc) is 1.85. The van der Waals surface area contributed by atoms with Gasteiger partial charge < -0.3 is 10.4 Å². The van der Waals surface area contributed by atoms with Crippen molar-refractivity contribution in [2.24, 2.45) is 5.92 Å². The molecular weight excluding hydrogens is 130 g/mol. The second-order valence-corrected chi connectivity index (χ2v) is 2.76. The molecule has 0 aromatic rings. The predicted octanol–water partition coefficient (Wildman–Crippen LogP) is 0.139. The average molecular weight is 145 g/mol. The van der Waals surface area contributed by atoms with Crippen molar-refractivity contribution in [3.05, 3.63) is 0 Å². The maximum absolute atomic E-state index is 10.7. The van der Waals surface area contributed by atoms with E-state index in [2.05, 4.69) is 5.32 Å². The topological polar surface area (TPSA) is 49.3 Å². The number of hydrogen-bond donors (Lipinski definition) is 2. The van der Waals surface area contributed by atoms with E-state index >= 15 is 0 Å². The number of nitrogens with one attached hydrogen (secondary N) is 1. The van der Waals surface area contributed by atoms with Crippen LogP contribution in [0.1, 0.15) is 20.3 Å². The van der Waals surface area contributed by atoms with Crippen LogP contribution in [-0.4, -0.2) is 24.2 Å². The molecule has 2 N–H and O–H groups in total. The summed E-state index contributed by atoms with van der Waals surface area (Å²) in [5.74, 6) is 0.0565. The van der Waals surface area contributed by atoms with Crippen molar-refractivity contribution >= 4 is 5.91 Å². The maximum Gasteiger partial charge on any atom is 0.248 e. The summed E-state index contributed by atoms with van der Waals surface area (Å²) in [5, 5.41) is 11.5. The van der Waals surface area contributed by atoms with E-state index in [4.69, 9.17) is 5.11 Å². The fourth-order valence-electron chi connectivity index (χ4n) is 0.720. The Morgan fingerprint density at radius 1 is 1.60 bits per heavy atom. The molecule has 0 heterocycles. The first kappa shape index (κ1) is 9.43. The lowest BCUT2D eigenvalue weighted by molar-refractivity contribution is -0.129. The summed E-state index contributed by atoms with van der Waals surface area (Å²) in [6.45, 7) is 3.93. The number of aliphatic hydroxyl groups excluding tert-OH is 1. The van der Waals surface area contributed by atoms with E-state index in [0.717, 1.165) is 0 Å². The molecule has 10 heavy (non-hydrogen) atoms. The van der Waals surface area contributed by atoms with E-state index in [1.54, 1.807) is 0 Å². The summed E-state index contributed by atoms with van der Waals surface area (Å²) in [6.07, 6.45) is -0.315. The van der Waals surface area contributed by atoms with Gasteiger partial charge in [-0.15, -0.1) is 0 Å². The van der Waals surface area contributed by atoms with Crippen molar-refractivity contribution in [1.29, 1.82) is 0 Å². The quantitative estimate of drug-likeness (QED) is 0.593. The fourth-order valence-corrected chi connectivity index (χ4v) is 0.720. The van der Waals surface area contributed by atoms with Crippen LogP contribution in [0.4, 0.5) is 0 Å². The van der Waals surface area contributed by atoms with Crippen molar-refractivity contribution in [1.82, 2.24) is 5.32 Å². The summed E-state index contributed by atoms with van der Waals surface area (Å²) < 4.78 is 0. The number of rotatable bonds is 3. The molecule has 0 unspecified atom stereocenters. The van der Waals surface area contributed by atoms with Crippen molar-refractivity contribution < 1.29 is 9.90 Å². The minimum atomic E-state index is -0.843. The molecule has 60 valence electrons. The van der Waals surface area contributed by atoms with E-state index in [1.807, 2.05) is 13.8 Å². The summed E-state index contributed by atoms with van der Waals surface area (Å²) in [5.41, 5.74) is 0. The first-order valence-electron chi connectivity index (χ1n) is 3.47. The van der Waals surface area contributed by atoms with Gasteiger partial charge in [0, 0.05) is 7.05 Å². The minimum absolute atomic E-state index is 0.297. The molecular formula is C7H15NO2. The van der Waals surface area contributed by atoms with Crippen LogP contribution in [-0.2, 0) is 4.79 Å². The molecule has 1 atom stereocenters. The molecule has 0 spiro atoms. The molecule has 0 saturated heterocycles. The zero-order valence-electron chi connectivity index (χ0n) is 6.72. The Hall–Kier alpha value is -0.570. The molecule has 1 amide bonds. The second-order valence-electron chi connectivity index (χ2n) is 2.76. The monoisotopic (exact) mass is 145 g/mol. The third-order valence-electron chi connectivity index (χ3n) is 1.24. The van der Waals surface area contributed by atoms with Crippen molar-refractivity contribution in [3.8, 4) is 0 Å². The molecule has 0 radical (unpaired) electrons. The minimum Gasteiger partial charge on any atom is -0.383 e. The van der Waals surface area contributed by atoms with E-state index in [9.17, 15) is 4.79 Å². The van der Waals surface area contributed by atoms with Gasteiger partial charge in [0.1, 0.15) is 6.10 Å². The molecule has 0 bridgehead atoms. The zero-order valence-corrected chi connectivity index (χ0v) is 6.72. The summed E-state index contributed by atoms with van der Waals surface area (Å²) in [4.78, 5) is 10.7. The van der Waals surface area contributed by atoms with E-state index < -0.39 is 6.10 Å². The second kappa shape index (κ2) is 4.28. The van der Waals surface area contributed by atoms with Crippen LogP contribution in [0.3, 0.4) is 0 Å². The largest absolute Gasteiger partial charge is 0.383 e. The fraction of sp³-hybridized carbons (Fsp3) is 0.857. The van der Waals surface area contributed by atoms with Gasteiger partial charge in [-0.25, -0.2) is 0 Å². The van der Waals surface area contributed by atoms with Gasteiger partial charge in [0.2, 0.25) is 5.91 Å². The lowest BCUT2D eigenvalue weighted by Gasteiger charge is -2.10. The third kappa shape index (κ3) is 3.45. The zero-order chi connectivity index (χ0) is 8.15. The number of likely N-dealkylation sites (N-methyl/N-ethyl adjacent to an activating group) is 1. The highest BCUT2D eigenvalue weighted by molar-refractivity contribution is 5.80. The summed E-state index contributed by atoms with van der Waals surface area (Å²) >= 11 is 0. The standard InChI is InChI=1S/C7H15NO2/c1-5(2)4-6(9)7(10)8-3/h5-6,9H,4H2,1-3H3,(H,8,10)/t6-/m0/s1. The number of carbonyl (C=O) groups excluding carboxylic acids is 1. The molecule has 0 aliphatic rings. The van der Waals surface area contributed by atoms with E-state index in [1.165, 1.54) is 7.05 Å². The van der Waals surface area contributed by atoms with Crippen molar-refractivity contribution in [2.75, 3.05) is 7.05 Å². The molecule has 0 fully saturated rings. The van der Waals surface area contributed by atoms with Crippen LogP contribution in [0.15, 0.2) is 0 Å². The normalized spacial score (nSPS) is 13.3. The molecule has 0 aliphatic carbocycles. The molecule has 0 aliphatic heterocycles. The summed E-state index contributed by atoms with van der Waals surface area (Å²) in [7, 11) is 1.52. The molecule has 0 aromatic heterocycles. The van der Waals surface area contributed by atoms with Crippen LogP contribution in [0.2, 0.25) is 0 Å². The lowest BCUT2D eigenvalue weighted by atomic mass is 10.1. The Bertz CT molecular complexity index is 112. The molecule has 0 aromatic carbocycles. The van der Waals surface area contributed by atoms with Gasteiger partial charge in [0.05, 0.1) is 0 Å². The smallest absolute Gasteiger partial charge is 0.248 e. The first-order valence-corrected chi connectivity index (χ1v) is 3.47. The number of aliphatic hydroxyl groups is 1. The highest BCUT2D eigenvalue weighted by Gasteiger charge is 2.13. The number of hydrogen-bond acceptors (Lipinski definition) is 2. The lowest BCUT2D eigenvalue weighted by Crippen LogP contribution is -2.32. The number of amides is 1. The Morgan fingerprint density at radius 3 is 2.40 bits per heavy atom. The Labute approximate surface area is 61.4 Å². The van der Waals surface area contributed by atoms with Gasteiger partial charge in [0.15, 0.2) is 0 Å². The van der Waals surface area contributed by atoms with Gasteiger partial charge in [0.25, 0.3) is 0 Å². The van der Waals surface area contributed by atoms with Gasteiger partial charge in [-0.3, -0.25) is 4.79 Å². The van der Waals surface area contributed by atoms with Crippen LogP contribution >= 0.6 is 0 Å². The highest BCUT2D eigenvalue weighted by atomic mass is 16.3. The van der Waals surface area contributed by atoms with E-state index in [-0.39, 0.29) is 5.91 Å². The predicted molar refractivity (Wildman–Crippen MR) is 39.5 cm³/mol. The Morgan fingerprint density at radius 2 is 2.10 bits per heavy atom. The molecule has 3 heteroatoms. The first-order chi connectivity index (χ1) is 4.57. The third-order valence-corrected chi connectivity index (χ3v) is 1.24. The number of carbonyl (C=O) groups is 1. The Kier molecular flexibility index (Phi) is 4.03. The van der Waals surface area contributed by atoms with Crippen LogP contribution in [0, 0.1) is 5.92 Å². The molecule has 0 rings (SSSR count). The SMILES string of the molecule is CNC(=O)[C@@H](O)CC(C)C. The van der Waals surface area contributed by atoms with Crippen LogP contribution in [0.5, 0.6) is 0 Å².